The molecule has 1 saturated heterocycles. The number of carbonyl (C=O) groups excluding carboxylic acids is 1. The molecule has 0 atom stereocenters. The first-order valence-corrected chi connectivity index (χ1v) is 11.1. The van der Waals surface area contributed by atoms with Crippen LogP contribution in [0.2, 0.25) is 5.28 Å². The van der Waals surface area contributed by atoms with Crippen molar-refractivity contribution in [3.05, 3.63) is 34.9 Å². The highest BCUT2D eigenvalue weighted by molar-refractivity contribution is 6.28. The van der Waals surface area contributed by atoms with Gasteiger partial charge >= 0.3 is 0 Å². The molecule has 10 heteroatoms. The van der Waals surface area contributed by atoms with Crippen molar-refractivity contribution in [2.45, 2.75) is 32.4 Å². The lowest BCUT2D eigenvalue weighted by Gasteiger charge is -2.29. The van der Waals surface area contributed by atoms with Crippen LogP contribution in [0.25, 0.3) is 11.2 Å². The maximum absolute atomic E-state index is 13.2. The van der Waals surface area contributed by atoms with Crippen LogP contribution in [-0.4, -0.2) is 64.2 Å². The van der Waals surface area contributed by atoms with E-state index in [9.17, 15) is 4.79 Å². The lowest BCUT2D eigenvalue weighted by molar-refractivity contribution is -0.132. The lowest BCUT2D eigenvalue weighted by atomic mass is 9.98. The fraction of sp³-hybridized carbons (Fsp3) is 0.455. The Morgan fingerprint density at radius 3 is 2.50 bits per heavy atom. The summed E-state index contributed by atoms with van der Waals surface area (Å²) in [5.41, 5.74) is 3.52. The molecule has 4 heterocycles. The zero-order chi connectivity index (χ0) is 22.2. The quantitative estimate of drug-likeness (QED) is 0.545. The number of halogens is 1. The Hall–Kier alpha value is -3.07. The average Bonchev–Trinajstić information content (AvgIpc) is 3.48. The summed E-state index contributed by atoms with van der Waals surface area (Å²) in [5.74, 6) is 2.13. The summed E-state index contributed by atoms with van der Waals surface area (Å²) in [6.45, 7) is 3.16. The highest BCUT2D eigenvalue weighted by atomic mass is 35.5. The van der Waals surface area contributed by atoms with Gasteiger partial charge in [-0.05, 0) is 54.1 Å². The molecule has 0 saturated carbocycles. The highest BCUT2D eigenvalue weighted by Gasteiger charge is 2.25. The number of aromatic nitrogens is 4. The molecular formula is C22H25ClN6O3. The van der Waals surface area contributed by atoms with Crippen LogP contribution in [0.5, 0.6) is 11.5 Å². The molecule has 0 unspecified atom stereocenters. The van der Waals surface area contributed by atoms with Gasteiger partial charge < -0.3 is 23.8 Å². The third-order valence-electron chi connectivity index (χ3n) is 6.20. The van der Waals surface area contributed by atoms with Crippen molar-refractivity contribution in [1.29, 1.82) is 0 Å². The lowest BCUT2D eigenvalue weighted by Crippen LogP contribution is -2.38. The van der Waals surface area contributed by atoms with E-state index in [-0.39, 0.29) is 17.7 Å². The number of hydrogen-bond acceptors (Lipinski definition) is 7. The van der Waals surface area contributed by atoms with Gasteiger partial charge in [-0.3, -0.25) is 4.79 Å². The molecule has 2 aliphatic rings. The van der Waals surface area contributed by atoms with E-state index in [2.05, 4.69) is 19.9 Å². The molecule has 168 valence electrons. The molecule has 2 aliphatic heterocycles. The molecule has 1 amide bonds. The molecule has 5 rings (SSSR count). The Morgan fingerprint density at radius 1 is 1.06 bits per heavy atom. The molecule has 32 heavy (non-hydrogen) atoms. The number of nitrogens with zero attached hydrogens (tertiary/aromatic N) is 6. The van der Waals surface area contributed by atoms with Gasteiger partial charge in [0.1, 0.15) is 6.54 Å². The van der Waals surface area contributed by atoms with Crippen LogP contribution >= 0.6 is 11.6 Å². The van der Waals surface area contributed by atoms with Gasteiger partial charge in [0.15, 0.2) is 28.5 Å². The molecule has 1 fully saturated rings. The minimum atomic E-state index is 0.00203. The standard InChI is InChI=1S/C22H25ClN6O3/c1-31-16-9-14-5-8-28(11-15(14)10-17(16)32-2)18(30)12-29-13-24-19-20(27-6-3-4-7-27)25-22(23)26-21(19)29/h9-10,13H,3-8,11-12H2,1-2H3. The number of amides is 1. The molecule has 9 nitrogen and oxygen atoms in total. The summed E-state index contributed by atoms with van der Waals surface area (Å²) in [6.07, 6.45) is 4.66. The van der Waals surface area contributed by atoms with Gasteiger partial charge in [-0.2, -0.15) is 9.97 Å². The second-order valence-corrected chi connectivity index (χ2v) is 8.43. The first-order valence-electron chi connectivity index (χ1n) is 10.7. The predicted octanol–water partition coefficient (Wildman–Crippen LogP) is 2.68. The van der Waals surface area contributed by atoms with Crippen molar-refractivity contribution in [3.8, 4) is 11.5 Å². The number of carbonyl (C=O) groups is 1. The van der Waals surface area contributed by atoms with E-state index in [1.54, 1.807) is 25.1 Å². The number of fused-ring (bicyclic) bond motifs is 2. The monoisotopic (exact) mass is 456 g/mol. The number of methoxy groups -OCH3 is 2. The second kappa shape index (κ2) is 8.46. The summed E-state index contributed by atoms with van der Waals surface area (Å²) in [7, 11) is 3.24. The van der Waals surface area contributed by atoms with Gasteiger partial charge in [0.2, 0.25) is 11.2 Å². The summed E-state index contributed by atoms with van der Waals surface area (Å²) in [6, 6.07) is 3.95. The highest BCUT2D eigenvalue weighted by Crippen LogP contribution is 2.33. The zero-order valence-electron chi connectivity index (χ0n) is 18.2. The minimum Gasteiger partial charge on any atom is -0.493 e. The molecule has 1 aromatic carbocycles. The number of ether oxygens (including phenoxy) is 2. The van der Waals surface area contributed by atoms with Crippen LogP contribution < -0.4 is 14.4 Å². The molecule has 2 aromatic heterocycles. The summed E-state index contributed by atoms with van der Waals surface area (Å²) < 4.78 is 12.6. The molecule has 3 aromatic rings. The number of rotatable bonds is 5. The third kappa shape index (κ3) is 3.70. The van der Waals surface area contributed by atoms with Gasteiger partial charge in [0, 0.05) is 26.2 Å². The van der Waals surface area contributed by atoms with E-state index in [0.717, 1.165) is 43.7 Å². The summed E-state index contributed by atoms with van der Waals surface area (Å²) in [5, 5.41) is 0.168. The van der Waals surface area contributed by atoms with Crippen molar-refractivity contribution >= 4 is 34.5 Å². The van der Waals surface area contributed by atoms with E-state index in [1.165, 1.54) is 5.56 Å². The van der Waals surface area contributed by atoms with Gasteiger partial charge in [-0.15, -0.1) is 0 Å². The van der Waals surface area contributed by atoms with E-state index >= 15 is 0 Å². The first kappa shape index (κ1) is 20.8. The van der Waals surface area contributed by atoms with Gasteiger partial charge in [-0.25, -0.2) is 4.98 Å². The molecule has 0 aliphatic carbocycles. The van der Waals surface area contributed by atoms with E-state index in [0.29, 0.717) is 35.8 Å². The SMILES string of the molecule is COc1cc2c(cc1OC)CN(C(=O)Cn1cnc3c(N4CCCC4)nc(Cl)nc31)CC2. The maximum Gasteiger partial charge on any atom is 0.242 e. The minimum absolute atomic E-state index is 0.00203. The second-order valence-electron chi connectivity index (χ2n) is 8.10. The van der Waals surface area contributed by atoms with Gasteiger partial charge in [-0.1, -0.05) is 0 Å². The van der Waals surface area contributed by atoms with Gasteiger partial charge in [0.25, 0.3) is 0 Å². The van der Waals surface area contributed by atoms with Crippen LogP contribution in [0.1, 0.15) is 24.0 Å². The molecule has 0 N–H and O–H groups in total. The van der Waals surface area contributed by atoms with Crippen LogP contribution in [0.3, 0.4) is 0 Å². The number of imidazole rings is 1. The van der Waals surface area contributed by atoms with Crippen molar-refractivity contribution in [2.75, 3.05) is 38.8 Å². The van der Waals surface area contributed by atoms with Crippen LogP contribution in [-0.2, 0) is 24.3 Å². The topological polar surface area (TPSA) is 85.6 Å². The average molecular weight is 457 g/mol. The van der Waals surface area contributed by atoms with Crippen LogP contribution in [0.4, 0.5) is 5.82 Å². The summed E-state index contributed by atoms with van der Waals surface area (Å²) >= 11 is 6.22. The van der Waals surface area contributed by atoms with Crippen molar-refractivity contribution < 1.29 is 14.3 Å². The van der Waals surface area contributed by atoms with E-state index in [1.807, 2.05) is 17.0 Å². The Kier molecular flexibility index (Phi) is 5.50. The molecule has 0 bridgehead atoms. The Bertz CT molecular complexity index is 1170. The van der Waals surface area contributed by atoms with Crippen molar-refractivity contribution in [1.82, 2.24) is 24.4 Å². The largest absolute Gasteiger partial charge is 0.493 e. The van der Waals surface area contributed by atoms with E-state index in [4.69, 9.17) is 21.1 Å². The number of hydrogen-bond donors (Lipinski definition) is 0. The molecule has 0 spiro atoms. The van der Waals surface area contributed by atoms with Crippen LogP contribution in [0, 0.1) is 0 Å². The Labute approximate surface area is 190 Å². The van der Waals surface area contributed by atoms with E-state index < -0.39 is 0 Å². The molecular weight excluding hydrogens is 432 g/mol. The zero-order valence-corrected chi connectivity index (χ0v) is 18.9. The maximum atomic E-state index is 13.2. The third-order valence-corrected chi connectivity index (χ3v) is 6.37. The smallest absolute Gasteiger partial charge is 0.242 e. The number of anilines is 1. The summed E-state index contributed by atoms with van der Waals surface area (Å²) in [4.78, 5) is 30.5. The fourth-order valence-electron chi connectivity index (χ4n) is 4.51. The molecule has 0 radical (unpaired) electrons. The van der Waals surface area contributed by atoms with Crippen molar-refractivity contribution in [2.24, 2.45) is 0 Å². The Morgan fingerprint density at radius 2 is 1.78 bits per heavy atom. The Balaban J connectivity index is 1.38. The first-order chi connectivity index (χ1) is 15.6. The van der Waals surface area contributed by atoms with Crippen LogP contribution in [0.15, 0.2) is 18.5 Å². The number of benzene rings is 1. The fourth-order valence-corrected chi connectivity index (χ4v) is 4.67. The normalized spacial score (nSPS) is 15.8. The van der Waals surface area contributed by atoms with Crippen molar-refractivity contribution in [3.63, 3.8) is 0 Å². The predicted molar refractivity (Wildman–Crippen MR) is 120 cm³/mol. The van der Waals surface area contributed by atoms with Gasteiger partial charge in [0.05, 0.1) is 20.5 Å².